The van der Waals surface area contributed by atoms with Gasteiger partial charge in [-0.25, -0.2) is 0 Å². The van der Waals surface area contributed by atoms with E-state index >= 15 is 0 Å². The van der Waals surface area contributed by atoms with Gasteiger partial charge in [0, 0.05) is 10.2 Å². The maximum atomic E-state index is 5.58. The van der Waals surface area contributed by atoms with E-state index in [0.29, 0.717) is 6.04 Å². The van der Waals surface area contributed by atoms with Crippen LogP contribution in [0.2, 0.25) is 0 Å². The molecule has 0 aliphatic carbocycles. The summed E-state index contributed by atoms with van der Waals surface area (Å²) in [5, 5.41) is 3.29. The molecule has 1 atom stereocenters. The second-order valence-electron chi connectivity index (χ2n) is 3.44. The number of ether oxygens (including phenoxy) is 1. The Kier molecular flexibility index (Phi) is 6.20. The van der Waals surface area contributed by atoms with Crippen LogP contribution in [0.3, 0.4) is 0 Å². The lowest BCUT2D eigenvalue weighted by atomic mass is 10.1. The zero-order chi connectivity index (χ0) is 11.1. The minimum atomic E-state index is 0.296. The molecule has 84 valence electrons. The fraction of sp³-hybridized carbons (Fsp3) is 0.500. The van der Waals surface area contributed by atoms with Gasteiger partial charge in [-0.1, -0.05) is 25.1 Å². The van der Waals surface area contributed by atoms with E-state index in [9.17, 15) is 0 Å². The molecular formula is C12H18INO. The number of likely N-dealkylation sites (N-methyl/N-ethyl adjacent to an activating group) is 1. The maximum Gasteiger partial charge on any atom is 0.0661 e. The van der Waals surface area contributed by atoms with Crippen molar-refractivity contribution < 1.29 is 4.74 Å². The van der Waals surface area contributed by atoms with Crippen LogP contribution in [0, 0.1) is 3.57 Å². The molecule has 1 N–H and O–H groups in total. The fourth-order valence-corrected chi connectivity index (χ4v) is 2.20. The lowest BCUT2D eigenvalue weighted by Crippen LogP contribution is -2.22. The van der Waals surface area contributed by atoms with Gasteiger partial charge in [-0.3, -0.25) is 0 Å². The van der Waals surface area contributed by atoms with Crippen molar-refractivity contribution in [3.05, 3.63) is 33.4 Å². The van der Waals surface area contributed by atoms with E-state index in [2.05, 4.69) is 59.1 Å². The number of rotatable bonds is 6. The van der Waals surface area contributed by atoms with Crippen LogP contribution in [0.4, 0.5) is 0 Å². The van der Waals surface area contributed by atoms with Crippen LogP contribution in [0.15, 0.2) is 24.3 Å². The Hall–Kier alpha value is -0.130. The number of hydrogen-bond donors (Lipinski definition) is 1. The quantitative estimate of drug-likeness (QED) is 0.643. The Bertz CT molecular complexity index is 291. The van der Waals surface area contributed by atoms with Crippen molar-refractivity contribution in [1.29, 1.82) is 0 Å². The van der Waals surface area contributed by atoms with E-state index in [1.807, 2.05) is 7.05 Å². The van der Waals surface area contributed by atoms with E-state index in [1.165, 1.54) is 9.13 Å². The largest absolute Gasteiger partial charge is 0.379 e. The molecule has 1 unspecified atom stereocenters. The molecule has 0 bridgehead atoms. The highest BCUT2D eigenvalue weighted by atomic mass is 127. The molecule has 0 aliphatic rings. The molecule has 3 heteroatoms. The maximum absolute atomic E-state index is 5.58. The lowest BCUT2D eigenvalue weighted by Gasteiger charge is -2.18. The van der Waals surface area contributed by atoms with Gasteiger partial charge in [0.15, 0.2) is 0 Å². The van der Waals surface area contributed by atoms with Gasteiger partial charge in [0.1, 0.15) is 0 Å². The summed E-state index contributed by atoms with van der Waals surface area (Å²) < 4.78 is 6.87. The van der Waals surface area contributed by atoms with Crippen molar-refractivity contribution in [2.75, 3.05) is 20.3 Å². The molecule has 1 aromatic rings. The van der Waals surface area contributed by atoms with Crippen LogP contribution in [0.1, 0.15) is 24.9 Å². The van der Waals surface area contributed by atoms with Crippen molar-refractivity contribution in [3.8, 4) is 0 Å². The minimum absolute atomic E-state index is 0.296. The molecule has 0 spiro atoms. The third-order valence-electron chi connectivity index (χ3n) is 2.26. The second-order valence-corrected chi connectivity index (χ2v) is 4.60. The van der Waals surface area contributed by atoms with Crippen LogP contribution >= 0.6 is 22.6 Å². The summed E-state index contributed by atoms with van der Waals surface area (Å²) in [7, 11) is 1.98. The van der Waals surface area contributed by atoms with Crippen molar-refractivity contribution in [2.45, 2.75) is 19.4 Å². The van der Waals surface area contributed by atoms with Gasteiger partial charge in [0.25, 0.3) is 0 Å². The molecule has 0 amide bonds. The van der Waals surface area contributed by atoms with Crippen LogP contribution < -0.4 is 5.32 Å². The molecule has 0 fully saturated rings. The highest BCUT2D eigenvalue weighted by Crippen LogP contribution is 2.19. The zero-order valence-electron chi connectivity index (χ0n) is 9.29. The van der Waals surface area contributed by atoms with Gasteiger partial charge in [0.05, 0.1) is 12.6 Å². The van der Waals surface area contributed by atoms with E-state index in [0.717, 1.165) is 19.6 Å². The fourth-order valence-electron chi connectivity index (χ4n) is 1.43. The van der Waals surface area contributed by atoms with Gasteiger partial charge in [-0.15, -0.1) is 0 Å². The van der Waals surface area contributed by atoms with E-state index < -0.39 is 0 Å². The molecule has 0 aromatic heterocycles. The predicted octanol–water partition coefficient (Wildman–Crippen LogP) is 2.98. The highest BCUT2D eigenvalue weighted by molar-refractivity contribution is 14.1. The van der Waals surface area contributed by atoms with Crippen molar-refractivity contribution in [3.63, 3.8) is 0 Å². The summed E-state index contributed by atoms with van der Waals surface area (Å²) in [5.41, 5.74) is 1.32. The van der Waals surface area contributed by atoms with Crippen LogP contribution in [-0.4, -0.2) is 20.3 Å². The van der Waals surface area contributed by atoms with Crippen LogP contribution in [0.5, 0.6) is 0 Å². The lowest BCUT2D eigenvalue weighted by molar-refractivity contribution is 0.114. The summed E-state index contributed by atoms with van der Waals surface area (Å²) in [6.07, 6.45) is 1.07. The molecule has 0 saturated heterocycles. The SMILES string of the molecule is CCCOCC(NC)c1ccccc1I. The number of hydrogen-bond acceptors (Lipinski definition) is 2. The van der Waals surface area contributed by atoms with Gasteiger partial charge in [0.2, 0.25) is 0 Å². The smallest absolute Gasteiger partial charge is 0.0661 e. The molecule has 0 saturated carbocycles. The first-order valence-electron chi connectivity index (χ1n) is 5.29. The van der Waals surface area contributed by atoms with E-state index in [1.54, 1.807) is 0 Å². The minimum Gasteiger partial charge on any atom is -0.379 e. The first kappa shape index (κ1) is 12.9. The first-order valence-corrected chi connectivity index (χ1v) is 6.37. The standard InChI is InChI=1S/C12H18INO/c1-3-8-15-9-12(14-2)10-6-4-5-7-11(10)13/h4-7,12,14H,3,8-9H2,1-2H3. The van der Waals surface area contributed by atoms with Crippen molar-refractivity contribution >= 4 is 22.6 Å². The Morgan fingerprint density at radius 2 is 2.13 bits per heavy atom. The summed E-state index contributed by atoms with van der Waals surface area (Å²) >= 11 is 2.36. The molecule has 0 heterocycles. The third-order valence-corrected chi connectivity index (χ3v) is 3.24. The summed E-state index contributed by atoms with van der Waals surface area (Å²) in [6, 6.07) is 8.70. The van der Waals surface area contributed by atoms with Crippen LogP contribution in [-0.2, 0) is 4.74 Å². The molecule has 15 heavy (non-hydrogen) atoms. The summed E-state index contributed by atoms with van der Waals surface area (Å²) in [5.74, 6) is 0. The molecule has 0 aliphatic heterocycles. The number of benzene rings is 1. The summed E-state index contributed by atoms with van der Waals surface area (Å²) in [4.78, 5) is 0. The highest BCUT2D eigenvalue weighted by Gasteiger charge is 2.11. The molecule has 2 nitrogen and oxygen atoms in total. The van der Waals surface area contributed by atoms with Gasteiger partial charge < -0.3 is 10.1 Å². The predicted molar refractivity (Wildman–Crippen MR) is 72.1 cm³/mol. The third kappa shape index (κ3) is 4.09. The monoisotopic (exact) mass is 319 g/mol. The van der Waals surface area contributed by atoms with Crippen LogP contribution in [0.25, 0.3) is 0 Å². The average Bonchev–Trinajstić information content (AvgIpc) is 2.26. The van der Waals surface area contributed by atoms with E-state index in [4.69, 9.17) is 4.74 Å². The van der Waals surface area contributed by atoms with Gasteiger partial charge in [-0.2, -0.15) is 0 Å². The topological polar surface area (TPSA) is 21.3 Å². The molecular weight excluding hydrogens is 301 g/mol. The van der Waals surface area contributed by atoms with Gasteiger partial charge in [-0.05, 0) is 47.7 Å². The zero-order valence-corrected chi connectivity index (χ0v) is 11.5. The number of nitrogens with one attached hydrogen (secondary N) is 1. The molecule has 1 aromatic carbocycles. The molecule has 0 radical (unpaired) electrons. The normalized spacial score (nSPS) is 12.7. The van der Waals surface area contributed by atoms with Gasteiger partial charge >= 0.3 is 0 Å². The Morgan fingerprint density at radius 3 is 2.73 bits per heavy atom. The first-order chi connectivity index (χ1) is 7.29. The number of halogens is 1. The van der Waals surface area contributed by atoms with Crippen molar-refractivity contribution in [2.24, 2.45) is 0 Å². The summed E-state index contributed by atoms with van der Waals surface area (Å²) in [6.45, 7) is 3.70. The van der Waals surface area contributed by atoms with Crippen molar-refractivity contribution in [1.82, 2.24) is 5.32 Å². The molecule has 1 rings (SSSR count). The Balaban J connectivity index is 2.61. The average molecular weight is 319 g/mol. The Labute approximate surface area is 106 Å². The Morgan fingerprint density at radius 1 is 1.40 bits per heavy atom. The second kappa shape index (κ2) is 7.19. The van der Waals surface area contributed by atoms with E-state index in [-0.39, 0.29) is 0 Å².